The van der Waals surface area contributed by atoms with Crippen LogP contribution in [0.1, 0.15) is 19.2 Å². The number of rotatable bonds is 5. The Balaban J connectivity index is 1.84. The summed E-state index contributed by atoms with van der Waals surface area (Å²) in [6.07, 6.45) is 4.66. The van der Waals surface area contributed by atoms with E-state index < -0.39 is 0 Å². The van der Waals surface area contributed by atoms with Gasteiger partial charge in [0.1, 0.15) is 5.82 Å². The minimum atomic E-state index is 0.281. The molecule has 21 heavy (non-hydrogen) atoms. The maximum Gasteiger partial charge on any atom is 0.323 e. The van der Waals surface area contributed by atoms with E-state index >= 15 is 0 Å². The number of fused-ring (bicyclic) bond motifs is 1. The molecular weight excluding hydrogens is 272 g/mol. The van der Waals surface area contributed by atoms with E-state index in [1.807, 2.05) is 18.0 Å². The molecule has 9 nitrogen and oxygen atoms in total. The third kappa shape index (κ3) is 2.87. The summed E-state index contributed by atoms with van der Waals surface area (Å²) in [5, 5.41) is 0. The smallest absolute Gasteiger partial charge is 0.323 e. The van der Waals surface area contributed by atoms with E-state index in [4.69, 9.17) is 10.6 Å². The second-order valence-corrected chi connectivity index (χ2v) is 4.69. The highest BCUT2D eigenvalue weighted by atomic mass is 16.5. The summed E-state index contributed by atoms with van der Waals surface area (Å²) in [4.78, 5) is 19.1. The molecule has 0 unspecified atom stereocenters. The lowest BCUT2D eigenvalue weighted by atomic mass is 10.4. The number of nitrogens with zero attached hydrogens (tertiary/aromatic N) is 6. The third-order valence-electron chi connectivity index (χ3n) is 3.20. The molecule has 112 valence electrons. The van der Waals surface area contributed by atoms with Gasteiger partial charge in [-0.2, -0.15) is 15.0 Å². The van der Waals surface area contributed by atoms with Crippen molar-refractivity contribution in [2.24, 2.45) is 5.84 Å². The van der Waals surface area contributed by atoms with Gasteiger partial charge in [0.2, 0.25) is 11.9 Å². The summed E-state index contributed by atoms with van der Waals surface area (Å²) < 4.78 is 7.60. The van der Waals surface area contributed by atoms with Gasteiger partial charge in [-0.3, -0.25) is 5.43 Å². The van der Waals surface area contributed by atoms with Crippen molar-refractivity contribution < 1.29 is 4.74 Å². The number of imidazole rings is 1. The molecule has 0 amide bonds. The molecule has 0 radical (unpaired) electrons. The molecule has 9 heteroatoms. The van der Waals surface area contributed by atoms with E-state index in [-0.39, 0.29) is 6.01 Å². The minimum Gasteiger partial charge on any atom is -0.463 e. The number of nitrogen functional groups attached to an aromatic ring is 1. The van der Waals surface area contributed by atoms with Crippen LogP contribution in [0.3, 0.4) is 0 Å². The highest BCUT2D eigenvalue weighted by Gasteiger charge is 2.20. The van der Waals surface area contributed by atoms with E-state index in [0.717, 1.165) is 25.3 Å². The number of nitrogens with two attached hydrogens (primary N) is 1. The Morgan fingerprint density at radius 2 is 2.24 bits per heavy atom. The van der Waals surface area contributed by atoms with E-state index in [1.165, 1.54) is 0 Å². The third-order valence-corrected chi connectivity index (χ3v) is 3.20. The molecule has 1 aliphatic heterocycles. The summed E-state index contributed by atoms with van der Waals surface area (Å²) in [5.74, 6) is 7.23. The maximum absolute atomic E-state index is 5.48. The van der Waals surface area contributed by atoms with Gasteiger partial charge < -0.3 is 14.2 Å². The van der Waals surface area contributed by atoms with Crippen LogP contribution < -0.4 is 20.9 Å². The summed E-state index contributed by atoms with van der Waals surface area (Å²) >= 11 is 0. The molecule has 3 rings (SSSR count). The maximum atomic E-state index is 5.48. The van der Waals surface area contributed by atoms with Crippen LogP contribution in [0.25, 0.3) is 0 Å². The highest BCUT2D eigenvalue weighted by Crippen LogP contribution is 2.19. The fraction of sp³-hybridized carbons (Fsp3) is 0.500. The normalized spacial score (nSPS) is 13.9. The topological polar surface area (TPSA) is 107 Å². The Morgan fingerprint density at radius 1 is 1.33 bits per heavy atom. The quantitative estimate of drug-likeness (QED) is 0.592. The van der Waals surface area contributed by atoms with Crippen LogP contribution in [0.2, 0.25) is 0 Å². The predicted octanol–water partition coefficient (Wildman–Crippen LogP) is 0.163. The van der Waals surface area contributed by atoms with Gasteiger partial charge in [-0.15, -0.1) is 0 Å². The highest BCUT2D eigenvalue weighted by molar-refractivity contribution is 5.38. The monoisotopic (exact) mass is 290 g/mol. The first-order valence-corrected chi connectivity index (χ1v) is 6.90. The lowest BCUT2D eigenvalue weighted by Crippen LogP contribution is -2.35. The summed E-state index contributed by atoms with van der Waals surface area (Å²) in [6, 6.07) is 0.281. The molecule has 0 fully saturated rings. The SMILES string of the molecule is CCCOc1nc(NN)nc(N2CCn3ccnc3C2)n1. The van der Waals surface area contributed by atoms with Crippen molar-refractivity contribution >= 4 is 11.9 Å². The van der Waals surface area contributed by atoms with Gasteiger partial charge in [0.15, 0.2) is 0 Å². The zero-order valence-electron chi connectivity index (χ0n) is 11.9. The molecule has 1 aliphatic rings. The molecule has 0 aromatic carbocycles. The average molecular weight is 290 g/mol. The van der Waals surface area contributed by atoms with Gasteiger partial charge in [-0.05, 0) is 6.42 Å². The second kappa shape index (κ2) is 5.92. The van der Waals surface area contributed by atoms with Crippen LogP contribution >= 0.6 is 0 Å². The zero-order valence-corrected chi connectivity index (χ0v) is 11.9. The number of nitrogens with one attached hydrogen (secondary N) is 1. The van der Waals surface area contributed by atoms with Crippen LogP contribution in [0.5, 0.6) is 6.01 Å². The van der Waals surface area contributed by atoms with Gasteiger partial charge in [0.25, 0.3) is 0 Å². The number of hydrogen-bond acceptors (Lipinski definition) is 8. The van der Waals surface area contributed by atoms with Gasteiger partial charge in [-0.1, -0.05) is 6.92 Å². The van der Waals surface area contributed by atoms with E-state index in [2.05, 4.69) is 29.9 Å². The van der Waals surface area contributed by atoms with Gasteiger partial charge >= 0.3 is 6.01 Å². The molecule has 0 aliphatic carbocycles. The van der Waals surface area contributed by atoms with Gasteiger partial charge in [-0.25, -0.2) is 10.8 Å². The molecule has 0 saturated heterocycles. The molecule has 3 N–H and O–H groups in total. The summed E-state index contributed by atoms with van der Waals surface area (Å²) in [7, 11) is 0. The van der Waals surface area contributed by atoms with Crippen molar-refractivity contribution in [1.29, 1.82) is 0 Å². The fourth-order valence-electron chi connectivity index (χ4n) is 2.15. The molecule has 0 atom stereocenters. The van der Waals surface area contributed by atoms with Crippen molar-refractivity contribution in [3.63, 3.8) is 0 Å². The molecule has 2 aromatic rings. The second-order valence-electron chi connectivity index (χ2n) is 4.69. The first-order chi connectivity index (χ1) is 10.3. The van der Waals surface area contributed by atoms with Crippen molar-refractivity contribution in [2.45, 2.75) is 26.4 Å². The van der Waals surface area contributed by atoms with Crippen molar-refractivity contribution in [3.05, 3.63) is 18.2 Å². The van der Waals surface area contributed by atoms with E-state index in [1.54, 1.807) is 6.20 Å². The lowest BCUT2D eigenvalue weighted by molar-refractivity contribution is 0.291. The lowest BCUT2D eigenvalue weighted by Gasteiger charge is -2.27. The number of ether oxygens (including phenoxy) is 1. The van der Waals surface area contributed by atoms with Crippen LogP contribution in [-0.4, -0.2) is 37.7 Å². The number of anilines is 2. The molecular formula is C12H18N8O. The fourth-order valence-corrected chi connectivity index (χ4v) is 2.15. The average Bonchev–Trinajstić information content (AvgIpc) is 3.00. The Hall–Kier alpha value is -2.42. The first kappa shape index (κ1) is 13.6. The van der Waals surface area contributed by atoms with Crippen molar-refractivity contribution in [1.82, 2.24) is 24.5 Å². The van der Waals surface area contributed by atoms with Gasteiger partial charge in [0.05, 0.1) is 13.2 Å². The molecule has 0 bridgehead atoms. The van der Waals surface area contributed by atoms with E-state index in [9.17, 15) is 0 Å². The zero-order chi connectivity index (χ0) is 14.7. The Bertz CT molecular complexity index is 613. The first-order valence-electron chi connectivity index (χ1n) is 6.90. The number of aromatic nitrogens is 5. The van der Waals surface area contributed by atoms with Crippen LogP contribution in [0.15, 0.2) is 12.4 Å². The number of hydrazine groups is 1. The minimum absolute atomic E-state index is 0.281. The molecule has 0 saturated carbocycles. The van der Waals surface area contributed by atoms with E-state index in [0.29, 0.717) is 25.0 Å². The van der Waals surface area contributed by atoms with Crippen LogP contribution in [-0.2, 0) is 13.1 Å². The summed E-state index contributed by atoms with van der Waals surface area (Å²) in [5.41, 5.74) is 2.45. The standard InChI is InChI=1S/C12H18N8O/c1-2-7-21-12-16-10(18-13)15-11(17-12)20-6-5-19-4-3-14-9(19)8-20/h3-4H,2,5-8,13H2,1H3,(H,15,16,17,18). The van der Waals surface area contributed by atoms with Crippen LogP contribution in [0, 0.1) is 0 Å². The Morgan fingerprint density at radius 3 is 3.05 bits per heavy atom. The predicted molar refractivity (Wildman–Crippen MR) is 76.7 cm³/mol. The largest absolute Gasteiger partial charge is 0.463 e. The molecule has 2 aromatic heterocycles. The Labute approximate surface area is 122 Å². The van der Waals surface area contributed by atoms with Crippen molar-refractivity contribution in [2.75, 3.05) is 23.5 Å². The molecule has 3 heterocycles. The number of hydrogen-bond donors (Lipinski definition) is 2. The summed E-state index contributed by atoms with van der Waals surface area (Å²) in [6.45, 7) is 4.86. The van der Waals surface area contributed by atoms with Gasteiger partial charge in [0, 0.05) is 25.5 Å². The Kier molecular flexibility index (Phi) is 3.82. The van der Waals surface area contributed by atoms with Crippen molar-refractivity contribution in [3.8, 4) is 6.01 Å². The van der Waals surface area contributed by atoms with Crippen LogP contribution in [0.4, 0.5) is 11.9 Å². The molecule has 0 spiro atoms.